The van der Waals surface area contributed by atoms with Gasteiger partial charge < -0.3 is 9.88 Å². The fourth-order valence-corrected chi connectivity index (χ4v) is 2.76. The molecule has 1 aromatic heterocycles. The zero-order valence-electron chi connectivity index (χ0n) is 12.9. The molecule has 24 heavy (non-hydrogen) atoms. The molecule has 2 N–H and O–H groups in total. The molecule has 3 amide bonds. The molecule has 1 aliphatic heterocycles. The second-order valence-corrected chi connectivity index (χ2v) is 5.63. The van der Waals surface area contributed by atoms with Gasteiger partial charge in [-0.05, 0) is 30.7 Å². The van der Waals surface area contributed by atoms with Gasteiger partial charge in [0.2, 0.25) is 0 Å². The van der Waals surface area contributed by atoms with E-state index < -0.39 is 17.5 Å². The van der Waals surface area contributed by atoms with Gasteiger partial charge in [0, 0.05) is 11.8 Å². The Labute approximate surface area is 137 Å². The molecule has 3 rings (SSSR count). The SMILES string of the molecule is Cc1cccn(CC2(c3ccc(C#N)cc3)NC(=O)NC2=O)c1=O. The van der Waals surface area contributed by atoms with E-state index in [0.717, 1.165) is 0 Å². The monoisotopic (exact) mass is 322 g/mol. The summed E-state index contributed by atoms with van der Waals surface area (Å²) >= 11 is 0. The van der Waals surface area contributed by atoms with E-state index in [-0.39, 0.29) is 12.1 Å². The standard InChI is InChI=1S/C17H14N4O3/c1-11-3-2-8-21(14(11)22)10-17(15(23)19-16(24)20-17)13-6-4-12(9-18)5-7-13/h2-8H,10H2,1H3,(H2,19,20,23,24). The molecule has 1 saturated heterocycles. The van der Waals surface area contributed by atoms with E-state index in [4.69, 9.17) is 5.26 Å². The number of carbonyl (C=O) groups is 2. The number of hydrogen-bond donors (Lipinski definition) is 2. The number of rotatable bonds is 3. The van der Waals surface area contributed by atoms with Crippen LogP contribution in [-0.4, -0.2) is 16.5 Å². The van der Waals surface area contributed by atoms with Crippen molar-refractivity contribution in [1.29, 1.82) is 5.26 Å². The number of aromatic nitrogens is 1. The number of nitrogens with one attached hydrogen (secondary N) is 2. The molecule has 0 radical (unpaired) electrons. The number of amides is 3. The number of hydrogen-bond acceptors (Lipinski definition) is 4. The molecule has 1 aliphatic rings. The summed E-state index contributed by atoms with van der Waals surface area (Å²) in [6, 6.07) is 11.1. The van der Waals surface area contributed by atoms with Crippen LogP contribution in [0.15, 0.2) is 47.4 Å². The van der Waals surface area contributed by atoms with Crippen LogP contribution in [0.5, 0.6) is 0 Å². The molecule has 120 valence electrons. The summed E-state index contributed by atoms with van der Waals surface area (Å²) in [7, 11) is 0. The highest BCUT2D eigenvalue weighted by Gasteiger charge is 2.48. The van der Waals surface area contributed by atoms with E-state index in [0.29, 0.717) is 16.7 Å². The zero-order valence-corrected chi connectivity index (χ0v) is 12.9. The normalized spacial score (nSPS) is 19.5. The summed E-state index contributed by atoms with van der Waals surface area (Å²) in [6.07, 6.45) is 1.57. The predicted molar refractivity (Wildman–Crippen MR) is 84.9 cm³/mol. The Bertz CT molecular complexity index is 924. The van der Waals surface area contributed by atoms with Gasteiger partial charge in [0.15, 0.2) is 5.54 Å². The van der Waals surface area contributed by atoms with Crippen molar-refractivity contribution in [2.45, 2.75) is 19.0 Å². The second kappa shape index (κ2) is 5.66. The van der Waals surface area contributed by atoms with Crippen LogP contribution in [0, 0.1) is 18.3 Å². The van der Waals surface area contributed by atoms with Gasteiger partial charge in [-0.25, -0.2) is 4.79 Å². The van der Waals surface area contributed by atoms with Crippen molar-refractivity contribution in [3.63, 3.8) is 0 Å². The first-order chi connectivity index (χ1) is 11.5. The number of urea groups is 1. The van der Waals surface area contributed by atoms with Crippen molar-refractivity contribution in [3.8, 4) is 6.07 Å². The molecular formula is C17H14N4O3. The number of nitriles is 1. The Kier molecular flexibility index (Phi) is 3.66. The van der Waals surface area contributed by atoms with Crippen molar-refractivity contribution in [1.82, 2.24) is 15.2 Å². The third-order valence-electron chi connectivity index (χ3n) is 4.07. The van der Waals surface area contributed by atoms with Gasteiger partial charge >= 0.3 is 6.03 Å². The summed E-state index contributed by atoms with van der Waals surface area (Å²) in [5.41, 5.74) is -0.163. The number of carbonyl (C=O) groups excluding carboxylic acids is 2. The molecule has 0 aliphatic carbocycles. The van der Waals surface area contributed by atoms with E-state index in [1.165, 1.54) is 4.57 Å². The minimum atomic E-state index is -1.40. The average molecular weight is 322 g/mol. The fraction of sp³-hybridized carbons (Fsp3) is 0.176. The van der Waals surface area contributed by atoms with E-state index in [2.05, 4.69) is 10.6 Å². The van der Waals surface area contributed by atoms with Crippen LogP contribution in [0.2, 0.25) is 0 Å². The van der Waals surface area contributed by atoms with Crippen LogP contribution in [0.4, 0.5) is 4.79 Å². The van der Waals surface area contributed by atoms with Crippen LogP contribution in [0.1, 0.15) is 16.7 Å². The smallest absolute Gasteiger partial charge is 0.318 e. The van der Waals surface area contributed by atoms with Crippen LogP contribution >= 0.6 is 0 Å². The first-order valence-corrected chi connectivity index (χ1v) is 7.26. The minimum Gasteiger partial charge on any atom is -0.318 e. The van der Waals surface area contributed by atoms with Gasteiger partial charge in [0.05, 0.1) is 18.2 Å². The van der Waals surface area contributed by atoms with Gasteiger partial charge in [-0.1, -0.05) is 18.2 Å². The Hall–Kier alpha value is -3.40. The molecular weight excluding hydrogens is 308 g/mol. The first kappa shape index (κ1) is 15.5. The molecule has 0 spiro atoms. The molecule has 1 fully saturated rings. The molecule has 2 heterocycles. The summed E-state index contributed by atoms with van der Waals surface area (Å²) < 4.78 is 1.39. The van der Waals surface area contributed by atoms with Crippen LogP contribution < -0.4 is 16.2 Å². The van der Waals surface area contributed by atoms with Gasteiger partial charge in [-0.2, -0.15) is 5.26 Å². The quantitative estimate of drug-likeness (QED) is 0.814. The minimum absolute atomic E-state index is 0.0447. The van der Waals surface area contributed by atoms with Gasteiger partial charge in [0.1, 0.15) is 0 Å². The van der Waals surface area contributed by atoms with Crippen molar-refractivity contribution >= 4 is 11.9 Å². The lowest BCUT2D eigenvalue weighted by atomic mass is 9.89. The molecule has 7 heteroatoms. The number of nitrogens with zero attached hydrogens (tertiary/aromatic N) is 2. The van der Waals surface area contributed by atoms with E-state index >= 15 is 0 Å². The number of pyridine rings is 1. The van der Waals surface area contributed by atoms with E-state index in [1.807, 2.05) is 6.07 Å². The van der Waals surface area contributed by atoms with E-state index in [1.54, 1.807) is 49.5 Å². The maximum atomic E-state index is 12.5. The largest absolute Gasteiger partial charge is 0.322 e. The fourth-order valence-electron chi connectivity index (χ4n) is 2.76. The Morgan fingerprint density at radius 2 is 1.88 bits per heavy atom. The number of aryl methyl sites for hydroxylation is 1. The molecule has 1 unspecified atom stereocenters. The Morgan fingerprint density at radius 1 is 1.17 bits per heavy atom. The van der Waals surface area contributed by atoms with E-state index in [9.17, 15) is 14.4 Å². The summed E-state index contributed by atoms with van der Waals surface area (Å²) in [6.45, 7) is 1.64. The summed E-state index contributed by atoms with van der Waals surface area (Å²) in [4.78, 5) is 36.5. The first-order valence-electron chi connectivity index (χ1n) is 7.26. The maximum absolute atomic E-state index is 12.5. The number of benzene rings is 1. The number of imide groups is 1. The topological polar surface area (TPSA) is 104 Å². The summed E-state index contributed by atoms with van der Waals surface area (Å²) in [5.74, 6) is -0.536. The molecule has 1 aromatic carbocycles. The highest BCUT2D eigenvalue weighted by molar-refractivity contribution is 6.07. The molecule has 2 aromatic rings. The zero-order chi connectivity index (χ0) is 17.3. The molecule has 1 atom stereocenters. The predicted octanol–water partition coefficient (Wildman–Crippen LogP) is 0.763. The second-order valence-electron chi connectivity index (χ2n) is 5.63. The molecule has 0 bridgehead atoms. The summed E-state index contributed by atoms with van der Waals surface area (Å²) in [5, 5.41) is 13.8. The Morgan fingerprint density at radius 3 is 2.46 bits per heavy atom. The van der Waals surface area contributed by atoms with Gasteiger partial charge in [0.25, 0.3) is 11.5 Å². The third kappa shape index (κ3) is 2.44. The van der Waals surface area contributed by atoms with Crippen molar-refractivity contribution < 1.29 is 9.59 Å². The Balaban J connectivity index is 2.11. The highest BCUT2D eigenvalue weighted by atomic mass is 16.2. The van der Waals surface area contributed by atoms with Crippen LogP contribution in [0.25, 0.3) is 0 Å². The van der Waals surface area contributed by atoms with Crippen molar-refractivity contribution in [2.75, 3.05) is 0 Å². The van der Waals surface area contributed by atoms with Crippen LogP contribution in [0.3, 0.4) is 0 Å². The van der Waals surface area contributed by atoms with Crippen LogP contribution in [-0.2, 0) is 16.9 Å². The maximum Gasteiger partial charge on any atom is 0.322 e. The molecule has 0 saturated carbocycles. The highest BCUT2D eigenvalue weighted by Crippen LogP contribution is 2.27. The lowest BCUT2D eigenvalue weighted by Crippen LogP contribution is -2.49. The third-order valence-corrected chi connectivity index (χ3v) is 4.07. The average Bonchev–Trinajstić information content (AvgIpc) is 2.86. The van der Waals surface area contributed by atoms with Crippen molar-refractivity contribution in [2.24, 2.45) is 0 Å². The van der Waals surface area contributed by atoms with Crippen molar-refractivity contribution in [3.05, 3.63) is 69.6 Å². The van der Waals surface area contributed by atoms with Gasteiger partial charge in [-0.3, -0.25) is 14.9 Å². The lowest BCUT2D eigenvalue weighted by Gasteiger charge is -2.27. The van der Waals surface area contributed by atoms with Gasteiger partial charge in [-0.15, -0.1) is 0 Å². The molecule has 7 nitrogen and oxygen atoms in total. The lowest BCUT2D eigenvalue weighted by molar-refractivity contribution is -0.124.